The van der Waals surface area contributed by atoms with Crippen LogP contribution >= 0.6 is 11.6 Å². The summed E-state index contributed by atoms with van der Waals surface area (Å²) < 4.78 is 4.59. The Hall–Kier alpha value is -0.830. The quantitative estimate of drug-likeness (QED) is 0.251. The lowest BCUT2D eigenvalue weighted by molar-refractivity contribution is -0.137. The molecular weight excluding hydrogens is 228 g/mol. The number of ketones is 1. The average Bonchev–Trinajstić information content (AvgIpc) is 2.35. The van der Waals surface area contributed by atoms with Crippen molar-refractivity contribution in [3.8, 4) is 0 Å². The Balaban J connectivity index is 2.77. The Bertz CT molecular complexity index is 273. The summed E-state index contributed by atoms with van der Waals surface area (Å²) in [7, 11) is 1.28. The van der Waals surface area contributed by atoms with Crippen molar-refractivity contribution in [2.75, 3.05) is 13.0 Å². The first-order valence-electron chi connectivity index (χ1n) is 5.58. The van der Waals surface area contributed by atoms with Gasteiger partial charge in [0.2, 0.25) is 0 Å². The highest BCUT2D eigenvalue weighted by Crippen LogP contribution is 2.26. The molecule has 0 unspecified atom stereocenters. The number of carbonyl (C=O) groups excluding carboxylic acids is 2. The third-order valence-electron chi connectivity index (χ3n) is 2.88. The molecule has 0 saturated heterocycles. The van der Waals surface area contributed by atoms with Crippen LogP contribution in [-0.2, 0) is 14.3 Å². The van der Waals surface area contributed by atoms with E-state index in [4.69, 9.17) is 11.6 Å². The van der Waals surface area contributed by atoms with Gasteiger partial charge in [0.25, 0.3) is 0 Å². The number of halogens is 1. The predicted molar refractivity (Wildman–Crippen MR) is 62.4 cm³/mol. The molecule has 1 aliphatic rings. The molecule has 0 amide bonds. The lowest BCUT2D eigenvalue weighted by atomic mass is 9.87. The van der Waals surface area contributed by atoms with Crippen LogP contribution in [0.15, 0.2) is 11.6 Å². The van der Waals surface area contributed by atoms with Crippen LogP contribution in [0.25, 0.3) is 0 Å². The maximum absolute atomic E-state index is 11.5. The van der Waals surface area contributed by atoms with Gasteiger partial charge in [-0.1, -0.05) is 25.3 Å². The highest BCUT2D eigenvalue weighted by Gasteiger charge is 2.21. The van der Waals surface area contributed by atoms with Crippen LogP contribution in [0, 0.1) is 5.92 Å². The van der Waals surface area contributed by atoms with Gasteiger partial charge in [-0.3, -0.25) is 4.79 Å². The molecule has 0 spiro atoms. The summed E-state index contributed by atoms with van der Waals surface area (Å²) in [5, 5.41) is 0. The van der Waals surface area contributed by atoms with Crippen LogP contribution in [-0.4, -0.2) is 24.7 Å². The van der Waals surface area contributed by atoms with E-state index in [0.29, 0.717) is 5.92 Å². The molecular formula is C12H17ClO3. The van der Waals surface area contributed by atoms with E-state index in [-0.39, 0.29) is 17.2 Å². The molecule has 0 radical (unpaired) electrons. The monoisotopic (exact) mass is 244 g/mol. The number of alkyl halides is 1. The highest BCUT2D eigenvalue weighted by atomic mass is 35.5. The SMILES string of the molecule is COC(=O)/C(=C\C1CCCCC1)C(=O)CCl. The van der Waals surface area contributed by atoms with Gasteiger partial charge in [0.15, 0.2) is 5.78 Å². The van der Waals surface area contributed by atoms with Crippen molar-refractivity contribution in [3.05, 3.63) is 11.6 Å². The van der Waals surface area contributed by atoms with Crippen LogP contribution < -0.4 is 0 Å². The van der Waals surface area contributed by atoms with Gasteiger partial charge in [-0.05, 0) is 18.8 Å². The summed E-state index contributed by atoms with van der Waals surface area (Å²) in [5.74, 6) is -0.779. The number of allylic oxidation sites excluding steroid dienone is 1. The number of carbonyl (C=O) groups is 2. The molecule has 1 fully saturated rings. The first-order valence-corrected chi connectivity index (χ1v) is 6.11. The fourth-order valence-corrected chi connectivity index (χ4v) is 2.14. The second-order valence-electron chi connectivity index (χ2n) is 4.03. The van der Waals surface area contributed by atoms with Gasteiger partial charge >= 0.3 is 5.97 Å². The van der Waals surface area contributed by atoms with Crippen molar-refractivity contribution in [2.24, 2.45) is 5.92 Å². The topological polar surface area (TPSA) is 43.4 Å². The third-order valence-corrected chi connectivity index (χ3v) is 3.12. The van der Waals surface area contributed by atoms with Gasteiger partial charge in [0, 0.05) is 0 Å². The molecule has 0 heterocycles. The number of Topliss-reactive ketones (excluding diaryl/α,β-unsaturated/α-hetero) is 1. The third kappa shape index (κ3) is 3.63. The minimum absolute atomic E-state index is 0.115. The minimum atomic E-state index is -0.573. The molecule has 1 rings (SSSR count). The van der Waals surface area contributed by atoms with E-state index in [2.05, 4.69) is 4.74 Å². The van der Waals surface area contributed by atoms with Gasteiger partial charge in [0.05, 0.1) is 13.0 Å². The summed E-state index contributed by atoms with van der Waals surface area (Å²) >= 11 is 5.47. The second-order valence-corrected chi connectivity index (χ2v) is 4.29. The van der Waals surface area contributed by atoms with Crippen molar-refractivity contribution in [1.29, 1.82) is 0 Å². The number of methoxy groups -OCH3 is 1. The van der Waals surface area contributed by atoms with Crippen LogP contribution in [0.2, 0.25) is 0 Å². The van der Waals surface area contributed by atoms with Gasteiger partial charge in [-0.2, -0.15) is 0 Å². The molecule has 0 atom stereocenters. The molecule has 0 aromatic rings. The molecule has 0 aromatic carbocycles. The Morgan fingerprint density at radius 3 is 2.44 bits per heavy atom. The smallest absolute Gasteiger partial charge is 0.341 e. The standard InChI is InChI=1S/C12H17ClO3/c1-16-12(15)10(11(14)8-13)7-9-5-3-2-4-6-9/h7,9H,2-6,8H2,1H3/b10-7-. The Morgan fingerprint density at radius 1 is 1.31 bits per heavy atom. The Labute approximate surface area is 101 Å². The Morgan fingerprint density at radius 2 is 1.94 bits per heavy atom. The normalized spacial score (nSPS) is 18.2. The van der Waals surface area contributed by atoms with Crippen molar-refractivity contribution >= 4 is 23.4 Å². The first kappa shape index (κ1) is 13.2. The lowest BCUT2D eigenvalue weighted by Gasteiger charge is -2.18. The van der Waals surface area contributed by atoms with Crippen molar-refractivity contribution < 1.29 is 14.3 Å². The maximum Gasteiger partial charge on any atom is 0.341 e. The summed E-state index contributed by atoms with van der Waals surface area (Å²) in [5.41, 5.74) is 0.115. The molecule has 3 nitrogen and oxygen atoms in total. The highest BCUT2D eigenvalue weighted by molar-refractivity contribution is 6.34. The first-order chi connectivity index (χ1) is 7.69. The van der Waals surface area contributed by atoms with Gasteiger partial charge in [0.1, 0.15) is 5.57 Å². The Kier molecular flexibility index (Phi) is 5.53. The molecule has 0 aromatic heterocycles. The zero-order valence-electron chi connectivity index (χ0n) is 9.50. The van der Waals surface area contributed by atoms with Crippen LogP contribution in [0.3, 0.4) is 0 Å². The van der Waals surface area contributed by atoms with Gasteiger partial charge in [-0.25, -0.2) is 4.79 Å². The van der Waals surface area contributed by atoms with E-state index >= 15 is 0 Å². The van der Waals surface area contributed by atoms with Crippen LogP contribution in [0.1, 0.15) is 32.1 Å². The van der Waals surface area contributed by atoms with Crippen molar-refractivity contribution in [3.63, 3.8) is 0 Å². The minimum Gasteiger partial charge on any atom is -0.465 e. The fourth-order valence-electron chi connectivity index (χ4n) is 1.99. The number of esters is 1. The molecule has 16 heavy (non-hydrogen) atoms. The van der Waals surface area contributed by atoms with Crippen molar-refractivity contribution in [1.82, 2.24) is 0 Å². The van der Waals surface area contributed by atoms with E-state index in [9.17, 15) is 9.59 Å². The molecule has 0 aliphatic heterocycles. The van der Waals surface area contributed by atoms with Gasteiger partial charge in [-0.15, -0.1) is 11.6 Å². The number of rotatable bonds is 4. The average molecular weight is 245 g/mol. The fraction of sp³-hybridized carbons (Fsp3) is 0.667. The summed E-state index contributed by atoms with van der Waals surface area (Å²) in [6, 6.07) is 0. The largest absolute Gasteiger partial charge is 0.465 e. The molecule has 90 valence electrons. The van der Waals surface area contributed by atoms with E-state index in [1.807, 2.05) is 0 Å². The maximum atomic E-state index is 11.5. The number of hydrogen-bond acceptors (Lipinski definition) is 3. The zero-order chi connectivity index (χ0) is 12.0. The summed E-state index contributed by atoms with van der Waals surface area (Å²) in [6.45, 7) is 0. The summed E-state index contributed by atoms with van der Waals surface area (Å²) in [6.07, 6.45) is 7.37. The van der Waals surface area contributed by atoms with E-state index in [0.717, 1.165) is 25.7 Å². The molecule has 1 aliphatic carbocycles. The molecule has 1 saturated carbocycles. The van der Waals surface area contributed by atoms with Crippen molar-refractivity contribution in [2.45, 2.75) is 32.1 Å². The molecule has 0 N–H and O–H groups in total. The lowest BCUT2D eigenvalue weighted by Crippen LogP contribution is -2.17. The summed E-state index contributed by atoms with van der Waals surface area (Å²) in [4.78, 5) is 22.9. The second kappa shape index (κ2) is 6.69. The van der Waals surface area contributed by atoms with E-state index in [1.165, 1.54) is 13.5 Å². The van der Waals surface area contributed by atoms with Crippen LogP contribution in [0.5, 0.6) is 0 Å². The molecule has 0 bridgehead atoms. The van der Waals surface area contributed by atoms with E-state index in [1.54, 1.807) is 6.08 Å². The van der Waals surface area contributed by atoms with E-state index < -0.39 is 5.97 Å². The molecule has 4 heteroatoms. The number of ether oxygens (including phenoxy) is 1. The zero-order valence-corrected chi connectivity index (χ0v) is 10.3. The number of hydrogen-bond donors (Lipinski definition) is 0. The van der Waals surface area contributed by atoms with Gasteiger partial charge < -0.3 is 4.74 Å². The van der Waals surface area contributed by atoms with Crippen LogP contribution in [0.4, 0.5) is 0 Å². The predicted octanol–water partition coefficient (Wildman–Crippen LogP) is 2.47.